The third-order valence-electron chi connectivity index (χ3n) is 6.48. The standard InChI is InChI=1S/C32H27N7O2S/c1-20-12-14-24(35-28(41)22-10-7-11-23(16-22)32(2,3)19-33)17-25(20)36-30-34-18-26-29(39-30)42-31(37-26)38-27(40)15-13-21-8-5-4-6-9-21/h4-18H,1-3H3,(H,35,41)(H,34,36,39)(H,37,38,40). The molecule has 2 aromatic heterocycles. The molecule has 2 heterocycles. The molecule has 0 fully saturated rings. The zero-order chi connectivity index (χ0) is 29.7. The highest BCUT2D eigenvalue weighted by Gasteiger charge is 2.21. The van der Waals surface area contributed by atoms with Gasteiger partial charge >= 0.3 is 0 Å². The van der Waals surface area contributed by atoms with Crippen LogP contribution < -0.4 is 16.0 Å². The number of aromatic nitrogens is 3. The van der Waals surface area contributed by atoms with E-state index in [0.717, 1.165) is 22.4 Å². The van der Waals surface area contributed by atoms with Crippen LogP contribution in [-0.2, 0) is 10.2 Å². The molecular weight excluding hydrogens is 546 g/mol. The quantitative estimate of drug-likeness (QED) is 0.173. The van der Waals surface area contributed by atoms with E-state index in [9.17, 15) is 14.9 Å². The van der Waals surface area contributed by atoms with Crippen molar-refractivity contribution >= 4 is 62.0 Å². The van der Waals surface area contributed by atoms with Gasteiger partial charge in [0.2, 0.25) is 11.9 Å². The number of rotatable bonds is 8. The van der Waals surface area contributed by atoms with Gasteiger partial charge < -0.3 is 10.6 Å². The van der Waals surface area contributed by atoms with Gasteiger partial charge in [-0.3, -0.25) is 14.9 Å². The monoisotopic (exact) mass is 573 g/mol. The number of nitriles is 1. The number of amides is 2. The van der Waals surface area contributed by atoms with Crippen molar-refractivity contribution in [2.24, 2.45) is 0 Å². The van der Waals surface area contributed by atoms with Gasteiger partial charge in [-0.05, 0) is 67.8 Å². The molecule has 0 radical (unpaired) electrons. The molecule has 0 atom stereocenters. The zero-order valence-corrected chi connectivity index (χ0v) is 24.0. The zero-order valence-electron chi connectivity index (χ0n) is 23.2. The average molecular weight is 574 g/mol. The molecule has 9 nitrogen and oxygen atoms in total. The maximum Gasteiger partial charge on any atom is 0.255 e. The first-order valence-electron chi connectivity index (χ1n) is 13.1. The molecule has 0 aliphatic carbocycles. The number of nitrogens with zero attached hydrogens (tertiary/aromatic N) is 4. The first kappa shape index (κ1) is 28.1. The number of hydrogen-bond acceptors (Lipinski definition) is 8. The average Bonchev–Trinajstić information content (AvgIpc) is 3.39. The Bertz CT molecular complexity index is 1860. The maximum atomic E-state index is 13.0. The van der Waals surface area contributed by atoms with Crippen LogP contribution in [0.2, 0.25) is 0 Å². The summed E-state index contributed by atoms with van der Waals surface area (Å²) < 4.78 is 0. The third kappa shape index (κ3) is 6.66. The Balaban J connectivity index is 1.28. The number of anilines is 4. The molecule has 0 aliphatic heterocycles. The van der Waals surface area contributed by atoms with Crippen molar-refractivity contribution in [3.05, 3.63) is 107 Å². The Hall–Kier alpha value is -5.40. The first-order chi connectivity index (χ1) is 20.2. The summed E-state index contributed by atoms with van der Waals surface area (Å²) in [5.74, 6) is -0.221. The van der Waals surface area contributed by atoms with Crippen LogP contribution in [0.15, 0.2) is 85.1 Å². The molecule has 0 unspecified atom stereocenters. The van der Waals surface area contributed by atoms with E-state index in [1.807, 2.05) is 69.3 Å². The molecular formula is C32H27N7O2S. The minimum absolute atomic E-state index is 0.282. The number of carbonyl (C=O) groups is 2. The molecule has 42 heavy (non-hydrogen) atoms. The molecule has 0 saturated carbocycles. The van der Waals surface area contributed by atoms with Crippen LogP contribution in [0.3, 0.4) is 0 Å². The summed E-state index contributed by atoms with van der Waals surface area (Å²) >= 11 is 1.24. The molecule has 0 bridgehead atoms. The highest BCUT2D eigenvalue weighted by Crippen LogP contribution is 2.28. The molecule has 2 amide bonds. The van der Waals surface area contributed by atoms with E-state index in [0.29, 0.717) is 32.7 Å². The van der Waals surface area contributed by atoms with Crippen molar-refractivity contribution in [2.75, 3.05) is 16.0 Å². The molecule has 208 valence electrons. The van der Waals surface area contributed by atoms with E-state index >= 15 is 0 Å². The normalized spacial score (nSPS) is 11.3. The van der Waals surface area contributed by atoms with Crippen molar-refractivity contribution in [1.82, 2.24) is 15.0 Å². The van der Waals surface area contributed by atoms with Crippen molar-refractivity contribution in [1.29, 1.82) is 5.26 Å². The molecule has 3 N–H and O–H groups in total. The summed E-state index contributed by atoms with van der Waals surface area (Å²) in [4.78, 5) is 39.3. The minimum atomic E-state index is -0.706. The summed E-state index contributed by atoms with van der Waals surface area (Å²) in [7, 11) is 0. The lowest BCUT2D eigenvalue weighted by Gasteiger charge is -2.17. The van der Waals surface area contributed by atoms with Crippen LogP contribution in [0.1, 0.15) is 40.9 Å². The van der Waals surface area contributed by atoms with Gasteiger partial charge in [0, 0.05) is 23.0 Å². The Labute approximate surface area is 247 Å². The van der Waals surface area contributed by atoms with Crippen molar-refractivity contribution < 1.29 is 9.59 Å². The Morgan fingerprint density at radius 3 is 2.57 bits per heavy atom. The van der Waals surface area contributed by atoms with Crippen LogP contribution >= 0.6 is 11.3 Å². The number of aryl methyl sites for hydroxylation is 1. The van der Waals surface area contributed by atoms with E-state index in [1.165, 1.54) is 17.4 Å². The van der Waals surface area contributed by atoms with Crippen LogP contribution in [0.4, 0.5) is 22.5 Å². The van der Waals surface area contributed by atoms with E-state index in [2.05, 4.69) is 37.0 Å². The van der Waals surface area contributed by atoms with E-state index in [-0.39, 0.29) is 11.8 Å². The second-order valence-corrected chi connectivity index (χ2v) is 11.0. The lowest BCUT2D eigenvalue weighted by Crippen LogP contribution is -2.17. The predicted octanol–water partition coefficient (Wildman–Crippen LogP) is 6.84. The molecule has 5 rings (SSSR count). The molecule has 3 aromatic carbocycles. The summed E-state index contributed by atoms with van der Waals surface area (Å²) in [5, 5.41) is 18.8. The molecule has 0 aliphatic rings. The van der Waals surface area contributed by atoms with Gasteiger partial charge in [-0.2, -0.15) is 10.2 Å². The fourth-order valence-electron chi connectivity index (χ4n) is 4.00. The minimum Gasteiger partial charge on any atom is -0.324 e. The number of benzene rings is 3. The fourth-order valence-corrected chi connectivity index (χ4v) is 4.82. The van der Waals surface area contributed by atoms with Gasteiger partial charge in [0.25, 0.3) is 5.91 Å². The first-order valence-corrected chi connectivity index (χ1v) is 13.9. The number of hydrogen-bond donors (Lipinski definition) is 3. The largest absolute Gasteiger partial charge is 0.324 e. The molecule has 5 aromatic rings. The number of carbonyl (C=O) groups excluding carboxylic acids is 2. The van der Waals surface area contributed by atoms with Gasteiger partial charge in [-0.15, -0.1) is 0 Å². The second-order valence-electron chi connectivity index (χ2n) is 10.1. The van der Waals surface area contributed by atoms with E-state index in [1.54, 1.807) is 36.5 Å². The maximum absolute atomic E-state index is 13.0. The van der Waals surface area contributed by atoms with Gasteiger partial charge in [0.1, 0.15) is 5.52 Å². The van der Waals surface area contributed by atoms with Crippen LogP contribution in [0.25, 0.3) is 16.4 Å². The van der Waals surface area contributed by atoms with Crippen molar-refractivity contribution in [3.8, 4) is 6.07 Å². The lowest BCUT2D eigenvalue weighted by atomic mass is 9.85. The topological polar surface area (TPSA) is 133 Å². The highest BCUT2D eigenvalue weighted by molar-refractivity contribution is 7.22. The van der Waals surface area contributed by atoms with E-state index < -0.39 is 5.41 Å². The number of nitrogens with one attached hydrogen (secondary N) is 3. The SMILES string of the molecule is Cc1ccc(NC(=O)c2cccc(C(C)(C)C#N)c2)cc1Nc1ncc2nc(NC(=O)C=Cc3ccccc3)sc2n1. The number of fused-ring (bicyclic) bond motifs is 1. The molecule has 0 saturated heterocycles. The summed E-state index contributed by atoms with van der Waals surface area (Å²) in [6.45, 7) is 5.56. The lowest BCUT2D eigenvalue weighted by molar-refractivity contribution is -0.111. The van der Waals surface area contributed by atoms with Crippen LogP contribution in [0, 0.1) is 18.3 Å². The summed E-state index contributed by atoms with van der Waals surface area (Å²) in [5.41, 5.74) is 4.24. The van der Waals surface area contributed by atoms with Crippen molar-refractivity contribution in [2.45, 2.75) is 26.2 Å². The van der Waals surface area contributed by atoms with Gasteiger partial charge in [0.15, 0.2) is 9.96 Å². The Morgan fingerprint density at radius 2 is 1.79 bits per heavy atom. The third-order valence-corrected chi connectivity index (χ3v) is 7.36. The Kier molecular flexibility index (Phi) is 8.04. The Morgan fingerprint density at radius 1 is 0.976 bits per heavy atom. The predicted molar refractivity (Wildman–Crippen MR) is 167 cm³/mol. The van der Waals surface area contributed by atoms with Crippen molar-refractivity contribution in [3.63, 3.8) is 0 Å². The highest BCUT2D eigenvalue weighted by atomic mass is 32.1. The summed E-state index contributed by atoms with van der Waals surface area (Å²) in [6, 6.07) is 24.4. The molecule has 0 spiro atoms. The fraction of sp³-hybridized carbons (Fsp3) is 0.125. The number of thiazole rings is 1. The van der Waals surface area contributed by atoms with E-state index in [4.69, 9.17) is 0 Å². The summed E-state index contributed by atoms with van der Waals surface area (Å²) in [6.07, 6.45) is 4.78. The van der Waals surface area contributed by atoms with Crippen LogP contribution in [-0.4, -0.2) is 26.8 Å². The second kappa shape index (κ2) is 12.0. The van der Waals surface area contributed by atoms with Gasteiger partial charge in [-0.1, -0.05) is 59.9 Å². The van der Waals surface area contributed by atoms with Crippen LogP contribution in [0.5, 0.6) is 0 Å². The van der Waals surface area contributed by atoms with Gasteiger partial charge in [0.05, 0.1) is 17.7 Å². The smallest absolute Gasteiger partial charge is 0.255 e. The molecule has 10 heteroatoms. The van der Waals surface area contributed by atoms with Gasteiger partial charge in [-0.25, -0.2) is 9.97 Å².